The number of carbonyl (C=O) groups is 1. The van der Waals surface area contributed by atoms with Gasteiger partial charge in [0.1, 0.15) is 11.9 Å². The van der Waals surface area contributed by atoms with Crippen molar-refractivity contribution in [3.05, 3.63) is 30.2 Å². The van der Waals surface area contributed by atoms with Gasteiger partial charge in [0.2, 0.25) is 4.96 Å². The number of sulfone groups is 1. The Labute approximate surface area is 195 Å². The van der Waals surface area contributed by atoms with E-state index >= 15 is 0 Å². The number of imidazole rings is 1. The van der Waals surface area contributed by atoms with Crippen LogP contribution in [0, 0.1) is 11.7 Å². The van der Waals surface area contributed by atoms with Crippen LogP contribution >= 0.6 is 11.3 Å². The molecule has 0 N–H and O–H groups in total. The van der Waals surface area contributed by atoms with E-state index in [1.807, 2.05) is 6.92 Å². The van der Waals surface area contributed by atoms with Crippen LogP contribution in [0.25, 0.3) is 16.2 Å². The van der Waals surface area contributed by atoms with Crippen molar-refractivity contribution in [2.45, 2.75) is 37.7 Å². The summed E-state index contributed by atoms with van der Waals surface area (Å²) in [5.41, 5.74) is 0.557. The molecule has 1 aromatic carbocycles. The first-order chi connectivity index (χ1) is 15.7. The third-order valence-corrected chi connectivity index (χ3v) is 7.61. The molecule has 0 saturated carbocycles. The van der Waals surface area contributed by atoms with Gasteiger partial charge in [-0.25, -0.2) is 27.1 Å². The number of aromatic nitrogens is 3. The minimum absolute atomic E-state index is 0.0827. The average molecular weight is 497 g/mol. The first-order valence-electron chi connectivity index (χ1n) is 10.6. The van der Waals surface area contributed by atoms with Crippen LogP contribution in [0.5, 0.6) is 5.19 Å². The van der Waals surface area contributed by atoms with Crippen molar-refractivity contribution in [1.29, 1.82) is 0 Å². The van der Waals surface area contributed by atoms with E-state index < -0.39 is 15.7 Å². The van der Waals surface area contributed by atoms with Crippen molar-refractivity contribution in [1.82, 2.24) is 19.5 Å². The zero-order valence-electron chi connectivity index (χ0n) is 18.5. The smallest absolute Gasteiger partial charge is 0.409 e. The number of hydrogen-bond acceptors (Lipinski definition) is 8. The van der Waals surface area contributed by atoms with Gasteiger partial charge in [-0.05, 0) is 62.1 Å². The maximum absolute atomic E-state index is 14.5. The highest BCUT2D eigenvalue weighted by atomic mass is 32.2. The Balaban J connectivity index is 1.41. The Morgan fingerprint density at radius 3 is 2.67 bits per heavy atom. The standard InChI is InChI=1S/C21H25FN4O5S2/c1-4-30-21(27)25-9-7-14(8-10-25)13(2)31-20-24-26-12-18(23-19(26)32-20)16-6-5-15(11-17(16)22)33(3,28)29/h5-6,11-14H,4,7-10H2,1-3H3. The predicted octanol–water partition coefficient (Wildman–Crippen LogP) is 3.64. The van der Waals surface area contributed by atoms with Crippen LogP contribution in [-0.4, -0.2) is 66.1 Å². The van der Waals surface area contributed by atoms with Gasteiger partial charge in [0, 0.05) is 24.9 Å². The molecule has 0 aliphatic carbocycles. The molecule has 3 heterocycles. The van der Waals surface area contributed by atoms with E-state index in [1.54, 1.807) is 18.0 Å². The van der Waals surface area contributed by atoms with Gasteiger partial charge in [-0.15, -0.1) is 5.10 Å². The molecule has 1 aliphatic rings. The first kappa shape index (κ1) is 23.4. The minimum atomic E-state index is -3.49. The molecule has 9 nitrogen and oxygen atoms in total. The Morgan fingerprint density at radius 2 is 2.06 bits per heavy atom. The monoisotopic (exact) mass is 496 g/mol. The van der Waals surface area contributed by atoms with E-state index in [0.717, 1.165) is 25.2 Å². The molecule has 0 bridgehead atoms. The van der Waals surface area contributed by atoms with Crippen LogP contribution in [-0.2, 0) is 14.6 Å². The molecule has 178 valence electrons. The molecular formula is C21H25FN4O5S2. The fourth-order valence-electron chi connectivity index (χ4n) is 3.81. The van der Waals surface area contributed by atoms with Crippen molar-refractivity contribution < 1.29 is 27.1 Å². The molecule has 1 fully saturated rings. The van der Waals surface area contributed by atoms with E-state index in [1.165, 1.54) is 28.0 Å². The van der Waals surface area contributed by atoms with E-state index in [-0.39, 0.29) is 28.6 Å². The lowest BCUT2D eigenvalue weighted by molar-refractivity contribution is 0.0656. The predicted molar refractivity (Wildman–Crippen MR) is 121 cm³/mol. The molecule has 0 radical (unpaired) electrons. The normalized spacial score (nSPS) is 16.2. The molecule has 2 aromatic heterocycles. The average Bonchev–Trinajstić information content (AvgIpc) is 3.31. The highest BCUT2D eigenvalue weighted by Gasteiger charge is 2.28. The highest BCUT2D eigenvalue weighted by Crippen LogP contribution is 2.30. The van der Waals surface area contributed by atoms with Crippen LogP contribution in [0.2, 0.25) is 0 Å². The summed E-state index contributed by atoms with van der Waals surface area (Å²) in [7, 11) is -3.49. The number of hydrogen-bond donors (Lipinski definition) is 0. The fourth-order valence-corrected chi connectivity index (χ4v) is 5.26. The Morgan fingerprint density at radius 1 is 1.33 bits per heavy atom. The lowest BCUT2D eigenvalue weighted by Crippen LogP contribution is -2.42. The second-order valence-corrected chi connectivity index (χ2v) is 10.9. The van der Waals surface area contributed by atoms with Gasteiger partial charge in [0.15, 0.2) is 9.84 Å². The number of fused-ring (bicyclic) bond motifs is 1. The summed E-state index contributed by atoms with van der Waals surface area (Å²) in [5.74, 6) is -0.382. The van der Waals surface area contributed by atoms with Crippen molar-refractivity contribution in [3.63, 3.8) is 0 Å². The number of piperidine rings is 1. The van der Waals surface area contributed by atoms with Crippen LogP contribution in [0.4, 0.5) is 9.18 Å². The second-order valence-electron chi connectivity index (χ2n) is 7.98. The van der Waals surface area contributed by atoms with Crippen LogP contribution in [0.1, 0.15) is 26.7 Å². The summed E-state index contributed by atoms with van der Waals surface area (Å²) < 4.78 is 50.3. The molecule has 1 aliphatic heterocycles. The van der Waals surface area contributed by atoms with Crippen molar-refractivity contribution in [3.8, 4) is 16.5 Å². The number of ether oxygens (including phenoxy) is 2. The lowest BCUT2D eigenvalue weighted by Gasteiger charge is -2.33. The molecule has 1 amide bonds. The number of nitrogens with zero attached hydrogens (tertiary/aromatic N) is 4. The van der Waals surface area contributed by atoms with Crippen LogP contribution < -0.4 is 4.74 Å². The number of halogens is 1. The molecule has 1 saturated heterocycles. The maximum atomic E-state index is 14.5. The number of carbonyl (C=O) groups excluding carboxylic acids is 1. The van der Waals surface area contributed by atoms with Crippen molar-refractivity contribution >= 4 is 32.2 Å². The molecule has 0 spiro atoms. The summed E-state index contributed by atoms with van der Waals surface area (Å²) in [5, 5.41) is 4.85. The molecule has 12 heteroatoms. The third kappa shape index (κ3) is 5.11. The Hall–Kier alpha value is -2.73. The number of amides is 1. The summed E-state index contributed by atoms with van der Waals surface area (Å²) in [6.45, 7) is 5.40. The second kappa shape index (κ2) is 9.26. The highest BCUT2D eigenvalue weighted by molar-refractivity contribution is 7.90. The van der Waals surface area contributed by atoms with E-state index in [9.17, 15) is 17.6 Å². The Kier molecular flexibility index (Phi) is 6.57. The molecule has 33 heavy (non-hydrogen) atoms. The number of rotatable bonds is 6. The zero-order chi connectivity index (χ0) is 23.8. The summed E-state index contributed by atoms with van der Waals surface area (Å²) in [4.78, 5) is 18.4. The van der Waals surface area contributed by atoms with Crippen LogP contribution in [0.15, 0.2) is 29.3 Å². The van der Waals surface area contributed by atoms with Gasteiger partial charge in [-0.3, -0.25) is 0 Å². The summed E-state index contributed by atoms with van der Waals surface area (Å²) in [6.07, 6.45) is 3.88. The van der Waals surface area contributed by atoms with Gasteiger partial charge < -0.3 is 14.4 Å². The van der Waals surface area contributed by atoms with Gasteiger partial charge in [-0.1, -0.05) is 0 Å². The molecule has 1 unspecified atom stereocenters. The molecule has 3 aromatic rings. The molecular weight excluding hydrogens is 471 g/mol. The number of benzene rings is 1. The van der Waals surface area contributed by atoms with Crippen molar-refractivity contribution in [2.24, 2.45) is 5.92 Å². The van der Waals surface area contributed by atoms with E-state index in [4.69, 9.17) is 9.47 Å². The van der Waals surface area contributed by atoms with Gasteiger partial charge >= 0.3 is 6.09 Å². The van der Waals surface area contributed by atoms with Crippen molar-refractivity contribution in [2.75, 3.05) is 26.0 Å². The van der Waals surface area contributed by atoms with Gasteiger partial charge in [0.05, 0.1) is 23.4 Å². The summed E-state index contributed by atoms with van der Waals surface area (Å²) in [6, 6.07) is 3.76. The number of likely N-dealkylation sites (tertiary alicyclic amines) is 1. The van der Waals surface area contributed by atoms with E-state index in [2.05, 4.69) is 10.1 Å². The Bertz CT molecular complexity index is 1230. The third-order valence-electron chi connectivity index (χ3n) is 5.69. The first-order valence-corrected chi connectivity index (χ1v) is 13.3. The summed E-state index contributed by atoms with van der Waals surface area (Å²) >= 11 is 1.25. The lowest BCUT2D eigenvalue weighted by atomic mass is 9.92. The minimum Gasteiger partial charge on any atom is -0.466 e. The van der Waals surface area contributed by atoms with Gasteiger partial charge in [0.25, 0.3) is 5.19 Å². The molecule has 4 rings (SSSR count). The van der Waals surface area contributed by atoms with E-state index in [0.29, 0.717) is 35.5 Å². The fraction of sp³-hybridized carbons (Fsp3) is 0.476. The topological polar surface area (TPSA) is 103 Å². The van der Waals surface area contributed by atoms with Gasteiger partial charge in [-0.2, -0.15) is 0 Å². The zero-order valence-corrected chi connectivity index (χ0v) is 20.2. The molecule has 1 atom stereocenters. The van der Waals surface area contributed by atoms with Crippen LogP contribution in [0.3, 0.4) is 0 Å². The SMILES string of the molecule is CCOC(=O)N1CCC(C(C)Oc2nn3cc(-c4ccc(S(C)(=O)=O)cc4F)nc3s2)CC1. The largest absolute Gasteiger partial charge is 0.466 e. The quantitative estimate of drug-likeness (QED) is 0.513. The maximum Gasteiger partial charge on any atom is 0.409 e.